The van der Waals surface area contributed by atoms with Crippen LogP contribution in [0.3, 0.4) is 0 Å². The van der Waals surface area contributed by atoms with Gasteiger partial charge in [-0.1, -0.05) is 12.1 Å². The van der Waals surface area contributed by atoms with Gasteiger partial charge in [-0.05, 0) is 55.0 Å². The predicted octanol–water partition coefficient (Wildman–Crippen LogP) is 4.65. The predicted molar refractivity (Wildman–Crippen MR) is 116 cm³/mol. The normalized spacial score (nSPS) is 13.5. The van der Waals surface area contributed by atoms with Crippen LogP contribution in [0.2, 0.25) is 0 Å². The molecule has 0 spiro atoms. The molecule has 1 saturated heterocycles. The number of hydrogen-bond acceptors (Lipinski definition) is 4. The number of furan rings is 1. The molecule has 0 bridgehead atoms. The van der Waals surface area contributed by atoms with E-state index in [1.807, 2.05) is 60.7 Å². The van der Waals surface area contributed by atoms with Crippen LogP contribution in [0.4, 0.5) is 11.4 Å². The Kier molecular flexibility index (Phi) is 5.84. The molecule has 1 aromatic heterocycles. The van der Waals surface area contributed by atoms with E-state index in [1.165, 1.54) is 0 Å². The number of carbonyl (C=O) groups excluding carboxylic acids is 2. The van der Waals surface area contributed by atoms with Crippen molar-refractivity contribution >= 4 is 23.2 Å². The third kappa shape index (κ3) is 4.38. The van der Waals surface area contributed by atoms with Crippen molar-refractivity contribution in [3.05, 3.63) is 66.4 Å². The van der Waals surface area contributed by atoms with E-state index in [2.05, 4.69) is 5.32 Å². The number of anilines is 2. The minimum absolute atomic E-state index is 0.0957. The van der Waals surface area contributed by atoms with Crippen LogP contribution in [0.15, 0.2) is 65.1 Å². The number of benzene rings is 2. The van der Waals surface area contributed by atoms with Crippen molar-refractivity contribution in [3.8, 4) is 17.1 Å². The zero-order valence-corrected chi connectivity index (χ0v) is 16.9. The van der Waals surface area contributed by atoms with Gasteiger partial charge in [-0.2, -0.15) is 0 Å². The Bertz CT molecular complexity index is 1040. The van der Waals surface area contributed by atoms with Gasteiger partial charge in [0.05, 0.1) is 18.5 Å². The number of nitrogens with one attached hydrogen (secondary N) is 1. The molecule has 1 fully saturated rings. The molecule has 3 aromatic rings. The second-order valence-corrected chi connectivity index (χ2v) is 7.21. The fourth-order valence-corrected chi connectivity index (χ4v) is 3.59. The zero-order chi connectivity index (χ0) is 20.9. The molecule has 0 aliphatic carbocycles. The van der Waals surface area contributed by atoms with Crippen LogP contribution in [0.5, 0.6) is 5.75 Å². The molecule has 6 heteroatoms. The van der Waals surface area contributed by atoms with Crippen LogP contribution < -0.4 is 15.0 Å². The van der Waals surface area contributed by atoms with Crippen molar-refractivity contribution in [2.45, 2.75) is 25.7 Å². The Balaban J connectivity index is 1.37. The molecule has 6 nitrogen and oxygen atoms in total. The second-order valence-electron chi connectivity index (χ2n) is 7.21. The van der Waals surface area contributed by atoms with Gasteiger partial charge < -0.3 is 19.4 Å². The fourth-order valence-electron chi connectivity index (χ4n) is 3.59. The Morgan fingerprint density at radius 1 is 1.10 bits per heavy atom. The summed E-state index contributed by atoms with van der Waals surface area (Å²) in [7, 11) is 1.63. The van der Waals surface area contributed by atoms with E-state index in [4.69, 9.17) is 9.15 Å². The minimum atomic E-state index is -0.114. The molecule has 0 atom stereocenters. The van der Waals surface area contributed by atoms with Gasteiger partial charge >= 0.3 is 0 Å². The highest BCUT2D eigenvalue weighted by Crippen LogP contribution is 2.30. The summed E-state index contributed by atoms with van der Waals surface area (Å²) in [4.78, 5) is 26.3. The third-order valence-electron chi connectivity index (χ3n) is 5.18. The number of hydrogen-bond donors (Lipinski definition) is 1. The summed E-state index contributed by atoms with van der Waals surface area (Å²) in [6, 6.07) is 18.9. The molecule has 4 rings (SSSR count). The lowest BCUT2D eigenvalue weighted by atomic mass is 10.2. The topological polar surface area (TPSA) is 71.8 Å². The number of rotatable bonds is 7. The van der Waals surface area contributed by atoms with E-state index in [1.54, 1.807) is 12.0 Å². The maximum atomic E-state index is 12.5. The maximum absolute atomic E-state index is 12.5. The number of carbonyl (C=O) groups is 2. The molecule has 154 valence electrons. The van der Waals surface area contributed by atoms with Gasteiger partial charge in [0.1, 0.15) is 17.3 Å². The summed E-state index contributed by atoms with van der Waals surface area (Å²) in [6.45, 7) is 0.687. The standard InChI is InChI=1S/C24H24N2O4/c1-29-18-10-8-17(9-11-18)22-14-12-19(30-22)13-15-23(27)25-20-5-2-3-6-21(20)26-16-4-7-24(26)28/h2-3,5-6,8-12,14H,4,7,13,15-16H2,1H3,(H,25,27). The molecule has 2 aromatic carbocycles. The Morgan fingerprint density at radius 3 is 2.63 bits per heavy atom. The summed E-state index contributed by atoms with van der Waals surface area (Å²) in [5.74, 6) is 2.28. The quantitative estimate of drug-likeness (QED) is 0.622. The Morgan fingerprint density at radius 2 is 1.90 bits per heavy atom. The highest BCUT2D eigenvalue weighted by molar-refractivity contribution is 6.02. The van der Waals surface area contributed by atoms with Gasteiger partial charge in [-0.3, -0.25) is 9.59 Å². The average molecular weight is 404 g/mol. The van der Waals surface area contributed by atoms with E-state index in [0.29, 0.717) is 25.1 Å². The van der Waals surface area contributed by atoms with Crippen molar-refractivity contribution in [1.82, 2.24) is 0 Å². The van der Waals surface area contributed by atoms with Gasteiger partial charge in [0, 0.05) is 31.4 Å². The highest BCUT2D eigenvalue weighted by Gasteiger charge is 2.24. The van der Waals surface area contributed by atoms with E-state index >= 15 is 0 Å². The number of para-hydroxylation sites is 2. The van der Waals surface area contributed by atoms with Crippen LogP contribution in [0.1, 0.15) is 25.0 Å². The SMILES string of the molecule is COc1ccc(-c2ccc(CCC(=O)Nc3ccccc3N3CCCC3=O)o2)cc1. The molecule has 1 N–H and O–H groups in total. The lowest BCUT2D eigenvalue weighted by molar-refractivity contribution is -0.117. The molecule has 2 heterocycles. The van der Waals surface area contributed by atoms with E-state index in [0.717, 1.165) is 34.9 Å². The van der Waals surface area contributed by atoms with Crippen LogP contribution in [-0.4, -0.2) is 25.5 Å². The molecular weight excluding hydrogens is 380 g/mol. The lowest BCUT2D eigenvalue weighted by Crippen LogP contribution is -2.25. The van der Waals surface area contributed by atoms with Gasteiger partial charge in [0.25, 0.3) is 0 Å². The van der Waals surface area contributed by atoms with Gasteiger partial charge in [-0.25, -0.2) is 0 Å². The Hall–Kier alpha value is -3.54. The fraction of sp³-hybridized carbons (Fsp3) is 0.250. The van der Waals surface area contributed by atoms with Crippen LogP contribution in [0, 0.1) is 0 Å². The molecule has 0 radical (unpaired) electrons. The van der Waals surface area contributed by atoms with Crippen LogP contribution in [0.25, 0.3) is 11.3 Å². The van der Waals surface area contributed by atoms with Crippen molar-refractivity contribution in [1.29, 1.82) is 0 Å². The van der Waals surface area contributed by atoms with Crippen LogP contribution >= 0.6 is 0 Å². The van der Waals surface area contributed by atoms with Crippen molar-refractivity contribution < 1.29 is 18.7 Å². The molecular formula is C24H24N2O4. The van der Waals surface area contributed by atoms with E-state index < -0.39 is 0 Å². The lowest BCUT2D eigenvalue weighted by Gasteiger charge is -2.19. The van der Waals surface area contributed by atoms with Gasteiger partial charge in [0.15, 0.2) is 0 Å². The first-order valence-electron chi connectivity index (χ1n) is 10.1. The minimum Gasteiger partial charge on any atom is -0.497 e. The highest BCUT2D eigenvalue weighted by atomic mass is 16.5. The molecule has 2 amide bonds. The maximum Gasteiger partial charge on any atom is 0.227 e. The number of ether oxygens (including phenoxy) is 1. The first-order valence-corrected chi connectivity index (χ1v) is 10.1. The number of amides is 2. The van der Waals surface area contributed by atoms with Crippen LogP contribution in [-0.2, 0) is 16.0 Å². The van der Waals surface area contributed by atoms with E-state index in [9.17, 15) is 9.59 Å². The number of methoxy groups -OCH3 is 1. The average Bonchev–Trinajstić information content (AvgIpc) is 3.42. The summed E-state index contributed by atoms with van der Waals surface area (Å²) in [5, 5.41) is 2.94. The first-order chi connectivity index (χ1) is 14.6. The smallest absolute Gasteiger partial charge is 0.227 e. The Labute approximate surface area is 175 Å². The molecule has 0 unspecified atom stereocenters. The zero-order valence-electron chi connectivity index (χ0n) is 16.9. The van der Waals surface area contributed by atoms with Crippen molar-refractivity contribution in [2.24, 2.45) is 0 Å². The van der Waals surface area contributed by atoms with Crippen molar-refractivity contribution in [2.75, 3.05) is 23.9 Å². The summed E-state index contributed by atoms with van der Waals surface area (Å²) >= 11 is 0. The molecule has 1 aliphatic rings. The molecule has 30 heavy (non-hydrogen) atoms. The number of aryl methyl sites for hydroxylation is 1. The van der Waals surface area contributed by atoms with Gasteiger partial charge in [0.2, 0.25) is 11.8 Å². The number of nitrogens with zero attached hydrogens (tertiary/aromatic N) is 1. The monoisotopic (exact) mass is 404 g/mol. The largest absolute Gasteiger partial charge is 0.497 e. The van der Waals surface area contributed by atoms with Crippen molar-refractivity contribution in [3.63, 3.8) is 0 Å². The third-order valence-corrected chi connectivity index (χ3v) is 5.18. The molecule has 0 saturated carbocycles. The van der Waals surface area contributed by atoms with Gasteiger partial charge in [-0.15, -0.1) is 0 Å². The first kappa shape index (κ1) is 19.8. The summed E-state index contributed by atoms with van der Waals surface area (Å²) in [5.41, 5.74) is 2.37. The van der Waals surface area contributed by atoms with E-state index in [-0.39, 0.29) is 18.2 Å². The summed E-state index contributed by atoms with van der Waals surface area (Å²) in [6.07, 6.45) is 2.18. The summed E-state index contributed by atoms with van der Waals surface area (Å²) < 4.78 is 11.1. The second kappa shape index (κ2) is 8.86. The molecule has 1 aliphatic heterocycles.